The lowest BCUT2D eigenvalue weighted by atomic mass is 10.0. The molecule has 1 saturated heterocycles. The molecule has 0 aromatic heterocycles. The van der Waals surface area contributed by atoms with E-state index >= 15 is 0 Å². The van der Waals surface area contributed by atoms with Crippen LogP contribution in [0.3, 0.4) is 0 Å². The predicted molar refractivity (Wildman–Crippen MR) is 97.4 cm³/mol. The molecule has 1 saturated carbocycles. The topological polar surface area (TPSA) is 40.6 Å². The Kier molecular flexibility index (Phi) is 4.33. The minimum Gasteiger partial charge on any atom is -0.298 e. The summed E-state index contributed by atoms with van der Waals surface area (Å²) in [6.45, 7) is 3.96. The number of rotatable bonds is 4. The highest BCUT2D eigenvalue weighted by Crippen LogP contribution is 2.31. The summed E-state index contributed by atoms with van der Waals surface area (Å²) in [6.07, 6.45) is 2.60. The van der Waals surface area contributed by atoms with Crippen molar-refractivity contribution in [3.63, 3.8) is 0 Å². The average Bonchev–Trinajstić information content (AvgIpc) is 3.43. The Morgan fingerprint density at radius 2 is 1.71 bits per heavy atom. The van der Waals surface area contributed by atoms with Gasteiger partial charge in [0.1, 0.15) is 0 Å². The lowest BCUT2D eigenvalue weighted by molar-refractivity contribution is 0.279. The molecule has 5 heteroatoms. The van der Waals surface area contributed by atoms with Gasteiger partial charge in [-0.3, -0.25) is 4.90 Å². The van der Waals surface area contributed by atoms with Gasteiger partial charge in [0.25, 0.3) is 0 Å². The summed E-state index contributed by atoms with van der Waals surface area (Å²) in [5, 5.41) is 2.47. The Bertz CT molecular complexity index is 825. The van der Waals surface area contributed by atoms with E-state index in [0.717, 1.165) is 38.9 Å². The molecule has 0 spiro atoms. The van der Waals surface area contributed by atoms with E-state index in [0.29, 0.717) is 13.1 Å². The zero-order valence-electron chi connectivity index (χ0n) is 13.9. The van der Waals surface area contributed by atoms with Crippen molar-refractivity contribution in [2.75, 3.05) is 26.2 Å². The number of hydrogen-bond donors (Lipinski definition) is 0. The molecule has 1 heterocycles. The quantitative estimate of drug-likeness (QED) is 0.856. The van der Waals surface area contributed by atoms with Gasteiger partial charge < -0.3 is 0 Å². The average molecular weight is 344 g/mol. The van der Waals surface area contributed by atoms with Gasteiger partial charge >= 0.3 is 0 Å². The van der Waals surface area contributed by atoms with Crippen LogP contribution in [0.15, 0.2) is 42.5 Å². The molecule has 0 unspecified atom stereocenters. The van der Waals surface area contributed by atoms with E-state index in [4.69, 9.17) is 0 Å². The van der Waals surface area contributed by atoms with E-state index in [9.17, 15) is 8.42 Å². The normalized spacial score (nSPS) is 21.0. The fraction of sp³-hybridized carbons (Fsp3) is 0.474. The van der Waals surface area contributed by atoms with Gasteiger partial charge in [0.05, 0.1) is 5.25 Å². The van der Waals surface area contributed by atoms with E-state index in [1.54, 1.807) is 4.31 Å². The Morgan fingerprint density at radius 1 is 0.917 bits per heavy atom. The lowest BCUT2D eigenvalue weighted by Gasteiger charge is -2.22. The number of nitrogens with zero attached hydrogens (tertiary/aromatic N) is 2. The van der Waals surface area contributed by atoms with Crippen LogP contribution in [0.2, 0.25) is 0 Å². The third kappa shape index (κ3) is 3.21. The lowest BCUT2D eigenvalue weighted by Crippen LogP contribution is -2.37. The first-order valence-electron chi connectivity index (χ1n) is 8.82. The van der Waals surface area contributed by atoms with Gasteiger partial charge in [0.15, 0.2) is 0 Å². The molecule has 24 heavy (non-hydrogen) atoms. The smallest absolute Gasteiger partial charge is 0.217 e. The summed E-state index contributed by atoms with van der Waals surface area (Å²) in [5.74, 6) is 0. The van der Waals surface area contributed by atoms with E-state index in [1.807, 2.05) is 0 Å². The zero-order valence-corrected chi connectivity index (χ0v) is 14.7. The maximum absolute atomic E-state index is 12.4. The summed E-state index contributed by atoms with van der Waals surface area (Å²) in [4.78, 5) is 2.39. The summed E-state index contributed by atoms with van der Waals surface area (Å²) >= 11 is 0. The molecular formula is C19H24N2O2S. The molecule has 2 aromatic carbocycles. The molecule has 0 N–H and O–H groups in total. The van der Waals surface area contributed by atoms with Crippen LogP contribution >= 0.6 is 0 Å². The largest absolute Gasteiger partial charge is 0.298 e. The van der Waals surface area contributed by atoms with Gasteiger partial charge in [-0.2, -0.15) is 0 Å². The molecule has 0 amide bonds. The molecule has 1 aliphatic carbocycles. The predicted octanol–water partition coefficient (Wildman–Crippen LogP) is 2.84. The fourth-order valence-electron chi connectivity index (χ4n) is 3.61. The van der Waals surface area contributed by atoms with Gasteiger partial charge in [-0.05, 0) is 42.1 Å². The Balaban J connectivity index is 1.48. The molecule has 1 aliphatic heterocycles. The molecule has 0 atom stereocenters. The second kappa shape index (κ2) is 6.47. The van der Waals surface area contributed by atoms with Crippen LogP contribution in [0.25, 0.3) is 10.8 Å². The molecule has 2 aliphatic rings. The molecule has 0 bridgehead atoms. The maximum Gasteiger partial charge on any atom is 0.217 e. The minimum atomic E-state index is -3.04. The Morgan fingerprint density at radius 3 is 2.54 bits per heavy atom. The molecule has 2 fully saturated rings. The first-order valence-corrected chi connectivity index (χ1v) is 10.3. The summed E-state index contributed by atoms with van der Waals surface area (Å²) in [5.41, 5.74) is 1.33. The van der Waals surface area contributed by atoms with Crippen molar-refractivity contribution in [2.45, 2.75) is 31.1 Å². The van der Waals surface area contributed by atoms with E-state index < -0.39 is 10.0 Å². The number of hydrogen-bond acceptors (Lipinski definition) is 3. The number of fused-ring (bicyclic) bond motifs is 1. The van der Waals surface area contributed by atoms with E-state index in [2.05, 4.69) is 47.4 Å². The first kappa shape index (κ1) is 16.1. The van der Waals surface area contributed by atoms with Crippen molar-refractivity contribution in [3.05, 3.63) is 48.0 Å². The SMILES string of the molecule is O=S(=O)(C1CC1)N1CCCN(Cc2cccc3ccccc23)CC1. The van der Waals surface area contributed by atoms with Gasteiger partial charge in [-0.15, -0.1) is 0 Å². The van der Waals surface area contributed by atoms with Crippen LogP contribution in [0.5, 0.6) is 0 Å². The van der Waals surface area contributed by atoms with Crippen LogP contribution in [0.4, 0.5) is 0 Å². The second-order valence-corrected chi connectivity index (χ2v) is 9.12. The number of benzene rings is 2. The van der Waals surface area contributed by atoms with Crippen molar-refractivity contribution in [3.8, 4) is 0 Å². The summed E-state index contributed by atoms with van der Waals surface area (Å²) in [6, 6.07) is 14.9. The van der Waals surface area contributed by atoms with Gasteiger partial charge in [-0.25, -0.2) is 12.7 Å². The third-order valence-electron chi connectivity index (χ3n) is 5.13. The third-order valence-corrected chi connectivity index (χ3v) is 7.53. The molecule has 2 aromatic rings. The first-order chi connectivity index (χ1) is 11.6. The standard InChI is InChI=1S/C19H24N2O2S/c22-24(23,18-9-10-18)21-12-4-11-20(13-14-21)15-17-7-3-6-16-5-1-2-8-19(16)17/h1-3,5-8,18H,4,9-15H2. The second-order valence-electron chi connectivity index (χ2n) is 6.91. The Labute approximate surface area is 144 Å². The van der Waals surface area contributed by atoms with Crippen LogP contribution in [0.1, 0.15) is 24.8 Å². The van der Waals surface area contributed by atoms with Crippen molar-refractivity contribution in [2.24, 2.45) is 0 Å². The van der Waals surface area contributed by atoms with Crippen molar-refractivity contribution >= 4 is 20.8 Å². The Hall–Kier alpha value is -1.43. The van der Waals surface area contributed by atoms with E-state index in [-0.39, 0.29) is 5.25 Å². The molecule has 0 radical (unpaired) electrons. The van der Waals surface area contributed by atoms with Crippen molar-refractivity contribution < 1.29 is 8.42 Å². The van der Waals surface area contributed by atoms with E-state index in [1.165, 1.54) is 16.3 Å². The monoisotopic (exact) mass is 344 g/mol. The van der Waals surface area contributed by atoms with Gasteiger partial charge in [0, 0.05) is 26.2 Å². The van der Waals surface area contributed by atoms with Crippen LogP contribution in [-0.2, 0) is 16.6 Å². The highest BCUT2D eigenvalue weighted by molar-refractivity contribution is 7.90. The van der Waals surface area contributed by atoms with Crippen LogP contribution in [-0.4, -0.2) is 49.1 Å². The molecular weight excluding hydrogens is 320 g/mol. The zero-order chi connectivity index (χ0) is 16.6. The molecule has 4 nitrogen and oxygen atoms in total. The van der Waals surface area contributed by atoms with Gasteiger partial charge in [0.2, 0.25) is 10.0 Å². The van der Waals surface area contributed by atoms with Crippen molar-refractivity contribution in [1.82, 2.24) is 9.21 Å². The van der Waals surface area contributed by atoms with Crippen molar-refractivity contribution in [1.29, 1.82) is 0 Å². The fourth-order valence-corrected chi connectivity index (χ4v) is 5.48. The maximum atomic E-state index is 12.4. The minimum absolute atomic E-state index is 0.0953. The highest BCUT2D eigenvalue weighted by atomic mass is 32.2. The molecule has 128 valence electrons. The van der Waals surface area contributed by atoms with Crippen LogP contribution < -0.4 is 0 Å². The highest BCUT2D eigenvalue weighted by Gasteiger charge is 2.40. The number of sulfonamides is 1. The van der Waals surface area contributed by atoms with Gasteiger partial charge in [-0.1, -0.05) is 42.5 Å². The van der Waals surface area contributed by atoms with Crippen LogP contribution in [0, 0.1) is 0 Å². The summed E-state index contributed by atoms with van der Waals surface area (Å²) in [7, 11) is -3.04. The summed E-state index contributed by atoms with van der Waals surface area (Å²) < 4.78 is 26.6. The molecule has 4 rings (SSSR count).